The van der Waals surface area contributed by atoms with Crippen LogP contribution in [0.15, 0.2) is 84.9 Å². The van der Waals surface area contributed by atoms with Crippen LogP contribution in [0, 0.1) is 0 Å². The third kappa shape index (κ3) is 3.76. The smallest absolute Gasteiger partial charge is 0.314 e. The van der Waals surface area contributed by atoms with Crippen molar-refractivity contribution in [1.82, 2.24) is 20.7 Å². The topological polar surface area (TPSA) is 81.8 Å². The highest BCUT2D eigenvalue weighted by molar-refractivity contribution is 6.10. The predicted molar refractivity (Wildman–Crippen MR) is 123 cm³/mol. The summed E-state index contributed by atoms with van der Waals surface area (Å²) in [4.78, 5) is 41.4. The van der Waals surface area contributed by atoms with Crippen LogP contribution in [0.2, 0.25) is 0 Å². The molecule has 166 valence electrons. The van der Waals surface area contributed by atoms with E-state index in [1.807, 2.05) is 53.4 Å². The fraction of sp³-hybridized carbons (Fsp3) is 0.192. The lowest BCUT2D eigenvalue weighted by Gasteiger charge is -2.29. The number of hydrogen-bond donors (Lipinski definition) is 2. The van der Waals surface area contributed by atoms with Crippen LogP contribution in [0.3, 0.4) is 0 Å². The Labute approximate surface area is 192 Å². The first-order valence-corrected chi connectivity index (χ1v) is 10.9. The number of nitrogens with one attached hydrogen (secondary N) is 2. The summed E-state index contributed by atoms with van der Waals surface area (Å²) in [7, 11) is 0. The molecule has 0 spiro atoms. The van der Waals surface area contributed by atoms with E-state index in [1.54, 1.807) is 24.3 Å². The Balaban J connectivity index is 1.36. The highest BCUT2D eigenvalue weighted by Gasteiger charge is 2.54. The third-order valence-corrected chi connectivity index (χ3v) is 6.25. The first-order chi connectivity index (χ1) is 16.1. The van der Waals surface area contributed by atoms with E-state index in [4.69, 9.17) is 0 Å². The van der Waals surface area contributed by atoms with E-state index in [2.05, 4.69) is 22.9 Å². The fourth-order valence-electron chi connectivity index (χ4n) is 4.62. The zero-order valence-electron chi connectivity index (χ0n) is 18.0. The number of carbonyl (C=O) groups excluding carboxylic acids is 3. The van der Waals surface area contributed by atoms with Crippen LogP contribution in [0.4, 0.5) is 4.79 Å². The third-order valence-electron chi connectivity index (χ3n) is 6.25. The van der Waals surface area contributed by atoms with Crippen LogP contribution in [-0.4, -0.2) is 40.8 Å². The van der Waals surface area contributed by atoms with Crippen molar-refractivity contribution in [2.45, 2.75) is 18.5 Å². The van der Waals surface area contributed by atoms with Gasteiger partial charge in [0.05, 0.1) is 6.54 Å². The Kier molecular flexibility index (Phi) is 5.40. The summed E-state index contributed by atoms with van der Waals surface area (Å²) in [5.41, 5.74) is 4.86. The van der Waals surface area contributed by atoms with Gasteiger partial charge in [-0.15, -0.1) is 0 Å². The Morgan fingerprint density at radius 3 is 2.06 bits per heavy atom. The number of nitrogens with zero attached hydrogens (tertiary/aromatic N) is 2. The highest BCUT2D eigenvalue weighted by Crippen LogP contribution is 2.35. The molecule has 2 aliphatic heterocycles. The van der Waals surface area contributed by atoms with Crippen LogP contribution in [0.25, 0.3) is 0 Å². The lowest BCUT2D eigenvalue weighted by atomic mass is 9.83. The molecule has 7 heteroatoms. The quantitative estimate of drug-likeness (QED) is 0.598. The van der Waals surface area contributed by atoms with Gasteiger partial charge in [0, 0.05) is 13.1 Å². The first-order valence-electron chi connectivity index (χ1n) is 10.9. The first kappa shape index (κ1) is 20.9. The van der Waals surface area contributed by atoms with Gasteiger partial charge in [-0.3, -0.25) is 19.9 Å². The van der Waals surface area contributed by atoms with E-state index < -0.39 is 23.4 Å². The van der Waals surface area contributed by atoms with E-state index in [0.29, 0.717) is 17.7 Å². The number of benzene rings is 3. The van der Waals surface area contributed by atoms with E-state index in [0.717, 1.165) is 18.0 Å². The molecule has 5 rings (SSSR count). The molecule has 4 amide bonds. The SMILES string of the molecule is O=C(CN1CCc2ccccc2C1)NN1C(=O)NC(c2ccccc2)(c2ccccc2)C1=O. The van der Waals surface area contributed by atoms with Gasteiger partial charge in [-0.05, 0) is 28.7 Å². The monoisotopic (exact) mass is 440 g/mol. The summed E-state index contributed by atoms with van der Waals surface area (Å²) in [6.07, 6.45) is 0.859. The molecule has 3 aromatic rings. The van der Waals surface area contributed by atoms with Gasteiger partial charge < -0.3 is 5.32 Å². The van der Waals surface area contributed by atoms with Gasteiger partial charge in [0.25, 0.3) is 11.8 Å². The normalized spacial score (nSPS) is 17.4. The van der Waals surface area contributed by atoms with Gasteiger partial charge in [0.15, 0.2) is 5.54 Å². The lowest BCUT2D eigenvalue weighted by molar-refractivity contribution is -0.138. The van der Waals surface area contributed by atoms with Crippen LogP contribution < -0.4 is 10.7 Å². The lowest BCUT2D eigenvalue weighted by Crippen LogP contribution is -2.51. The largest absolute Gasteiger partial charge is 0.344 e. The van der Waals surface area contributed by atoms with Crippen molar-refractivity contribution in [1.29, 1.82) is 0 Å². The number of amides is 4. The molecular formula is C26H24N4O3. The standard InChI is InChI=1S/C26H24N4O3/c31-23(18-29-16-15-19-9-7-8-10-20(19)17-29)28-30-24(32)26(27-25(30)33,21-11-3-1-4-12-21)22-13-5-2-6-14-22/h1-14H,15-18H2,(H,27,33)(H,28,31). The van der Waals surface area contributed by atoms with Crippen molar-refractivity contribution >= 4 is 17.8 Å². The number of rotatable bonds is 5. The second-order valence-corrected chi connectivity index (χ2v) is 8.32. The summed E-state index contributed by atoms with van der Waals surface area (Å²) in [6, 6.07) is 25.6. The summed E-state index contributed by atoms with van der Waals surface area (Å²) in [5.74, 6) is -0.947. The highest BCUT2D eigenvalue weighted by atomic mass is 16.2. The van der Waals surface area contributed by atoms with Crippen molar-refractivity contribution in [2.24, 2.45) is 0 Å². The maximum atomic E-state index is 13.6. The van der Waals surface area contributed by atoms with Gasteiger partial charge >= 0.3 is 6.03 Å². The Morgan fingerprint density at radius 1 is 0.848 bits per heavy atom. The average molecular weight is 441 g/mol. The van der Waals surface area contributed by atoms with Crippen molar-refractivity contribution in [3.05, 3.63) is 107 Å². The number of hydrogen-bond acceptors (Lipinski definition) is 4. The number of urea groups is 1. The minimum absolute atomic E-state index is 0.0923. The molecule has 0 radical (unpaired) electrons. The van der Waals surface area contributed by atoms with E-state index >= 15 is 0 Å². The molecule has 0 saturated carbocycles. The average Bonchev–Trinajstić information content (AvgIpc) is 3.10. The van der Waals surface area contributed by atoms with Gasteiger partial charge in [-0.1, -0.05) is 84.9 Å². The zero-order valence-corrected chi connectivity index (χ0v) is 18.0. The fourth-order valence-corrected chi connectivity index (χ4v) is 4.62. The van der Waals surface area contributed by atoms with Crippen molar-refractivity contribution < 1.29 is 14.4 Å². The Hall–Kier alpha value is -3.97. The summed E-state index contributed by atoms with van der Waals surface area (Å²) in [6.45, 7) is 1.49. The summed E-state index contributed by atoms with van der Waals surface area (Å²) >= 11 is 0. The van der Waals surface area contributed by atoms with Gasteiger partial charge in [-0.25, -0.2) is 4.79 Å². The van der Waals surface area contributed by atoms with E-state index in [9.17, 15) is 14.4 Å². The molecule has 1 fully saturated rings. The molecule has 0 atom stereocenters. The Morgan fingerprint density at radius 2 is 1.42 bits per heavy atom. The molecule has 2 N–H and O–H groups in total. The zero-order chi connectivity index (χ0) is 22.8. The second-order valence-electron chi connectivity index (χ2n) is 8.32. The molecule has 1 saturated heterocycles. The van der Waals surface area contributed by atoms with Crippen LogP contribution in [-0.2, 0) is 28.1 Å². The minimum Gasteiger partial charge on any atom is -0.314 e. The number of hydrazine groups is 1. The molecule has 2 heterocycles. The van der Waals surface area contributed by atoms with E-state index in [1.165, 1.54) is 11.1 Å². The van der Waals surface area contributed by atoms with Crippen molar-refractivity contribution in [3.8, 4) is 0 Å². The molecule has 2 aliphatic rings. The molecule has 0 aliphatic carbocycles. The maximum Gasteiger partial charge on any atom is 0.344 e. The maximum absolute atomic E-state index is 13.6. The van der Waals surface area contributed by atoms with Crippen LogP contribution >= 0.6 is 0 Å². The molecule has 33 heavy (non-hydrogen) atoms. The Bertz CT molecular complexity index is 1160. The number of fused-ring (bicyclic) bond motifs is 1. The van der Waals surface area contributed by atoms with Gasteiger partial charge in [0.2, 0.25) is 0 Å². The van der Waals surface area contributed by atoms with Gasteiger partial charge in [-0.2, -0.15) is 5.01 Å². The van der Waals surface area contributed by atoms with Crippen LogP contribution in [0.1, 0.15) is 22.3 Å². The number of imide groups is 1. The summed E-state index contributed by atoms with van der Waals surface area (Å²) in [5, 5.41) is 3.64. The molecular weight excluding hydrogens is 416 g/mol. The molecule has 0 bridgehead atoms. The molecule has 0 unspecified atom stereocenters. The molecule has 0 aromatic heterocycles. The minimum atomic E-state index is -1.41. The van der Waals surface area contributed by atoms with E-state index in [-0.39, 0.29) is 6.54 Å². The van der Waals surface area contributed by atoms with Crippen molar-refractivity contribution in [3.63, 3.8) is 0 Å². The predicted octanol–water partition coefficient (Wildman–Crippen LogP) is 2.57. The molecule has 3 aromatic carbocycles. The van der Waals surface area contributed by atoms with Crippen LogP contribution in [0.5, 0.6) is 0 Å². The molecule has 7 nitrogen and oxygen atoms in total. The second kappa shape index (κ2) is 8.52. The number of carbonyl (C=O) groups is 3. The summed E-state index contributed by atoms with van der Waals surface area (Å²) < 4.78 is 0. The van der Waals surface area contributed by atoms with Gasteiger partial charge in [0.1, 0.15) is 0 Å². The van der Waals surface area contributed by atoms with Crippen molar-refractivity contribution in [2.75, 3.05) is 13.1 Å².